The maximum atomic E-state index is 10.2. The van der Waals surface area contributed by atoms with Crippen molar-refractivity contribution in [3.8, 4) is 0 Å². The van der Waals surface area contributed by atoms with Gasteiger partial charge in [-0.15, -0.1) is 0 Å². The Hall–Kier alpha value is -1.31. The van der Waals surface area contributed by atoms with Crippen molar-refractivity contribution >= 4 is 5.97 Å². The molecule has 0 saturated heterocycles. The van der Waals surface area contributed by atoms with Crippen LogP contribution in [-0.4, -0.2) is 11.1 Å². The molecule has 0 heterocycles. The highest BCUT2D eigenvalue weighted by atomic mass is 16.4. The molecule has 90 valence electrons. The number of carboxylic acid groups (broad SMARTS) is 1. The third-order valence-corrected chi connectivity index (χ3v) is 2.18. The van der Waals surface area contributed by atoms with E-state index in [0.717, 1.165) is 25.7 Å². The number of rotatable bonds is 7. The molecule has 0 aliphatic carbocycles. The summed E-state index contributed by atoms with van der Waals surface area (Å²) in [6, 6.07) is 0. The largest absolute Gasteiger partial charge is 0.478 e. The van der Waals surface area contributed by atoms with Crippen LogP contribution in [0, 0.1) is 0 Å². The van der Waals surface area contributed by atoms with Crippen LogP contribution in [0.1, 0.15) is 46.5 Å². The summed E-state index contributed by atoms with van der Waals surface area (Å²) in [7, 11) is 0. The van der Waals surface area contributed by atoms with Gasteiger partial charge in [0.15, 0.2) is 0 Å². The number of aliphatic carboxylic acids is 1. The lowest BCUT2D eigenvalue weighted by Gasteiger charge is -1.98. The maximum Gasteiger partial charge on any atom is 0.327 e. The topological polar surface area (TPSA) is 37.3 Å². The van der Waals surface area contributed by atoms with E-state index in [9.17, 15) is 4.79 Å². The van der Waals surface area contributed by atoms with Gasteiger partial charge in [-0.2, -0.15) is 0 Å². The van der Waals surface area contributed by atoms with Crippen LogP contribution in [0.3, 0.4) is 0 Å². The molecule has 0 radical (unpaired) electrons. The van der Waals surface area contributed by atoms with E-state index in [1.807, 2.05) is 0 Å². The third-order valence-electron chi connectivity index (χ3n) is 2.18. The zero-order valence-electron chi connectivity index (χ0n) is 10.5. The first-order valence-electron chi connectivity index (χ1n) is 5.71. The maximum absolute atomic E-state index is 10.2. The third kappa shape index (κ3) is 10.8. The molecule has 0 unspecified atom stereocenters. The van der Waals surface area contributed by atoms with Gasteiger partial charge < -0.3 is 5.11 Å². The van der Waals surface area contributed by atoms with Gasteiger partial charge in [-0.25, -0.2) is 4.79 Å². The van der Waals surface area contributed by atoms with Crippen LogP contribution < -0.4 is 0 Å². The quantitative estimate of drug-likeness (QED) is 0.400. The van der Waals surface area contributed by atoms with Gasteiger partial charge in [0, 0.05) is 6.08 Å². The Balaban J connectivity index is 3.71. The van der Waals surface area contributed by atoms with Crippen molar-refractivity contribution in [1.82, 2.24) is 0 Å². The molecule has 0 amide bonds. The Kier molecular flexibility index (Phi) is 8.22. The van der Waals surface area contributed by atoms with Gasteiger partial charge in [-0.3, -0.25) is 0 Å². The first kappa shape index (κ1) is 14.7. The predicted octanol–water partition coefficient (Wildman–Crippen LogP) is 4.10. The smallest absolute Gasteiger partial charge is 0.327 e. The Morgan fingerprint density at radius 2 is 1.75 bits per heavy atom. The lowest BCUT2D eigenvalue weighted by atomic mass is 10.1. The average molecular weight is 222 g/mol. The van der Waals surface area contributed by atoms with Gasteiger partial charge >= 0.3 is 5.97 Å². The van der Waals surface area contributed by atoms with Gasteiger partial charge in [0.1, 0.15) is 0 Å². The number of carboxylic acids is 1. The van der Waals surface area contributed by atoms with Crippen LogP contribution in [0.25, 0.3) is 0 Å². The second-order valence-corrected chi connectivity index (χ2v) is 4.19. The molecule has 0 aliphatic heterocycles. The summed E-state index contributed by atoms with van der Waals surface area (Å²) in [5.74, 6) is -0.871. The minimum absolute atomic E-state index is 0.798. The lowest BCUT2D eigenvalue weighted by molar-refractivity contribution is -0.131. The fraction of sp³-hybridized carbons (Fsp3) is 0.500. The first-order chi connectivity index (χ1) is 7.52. The Morgan fingerprint density at radius 1 is 1.06 bits per heavy atom. The molecular weight excluding hydrogens is 200 g/mol. The fourth-order valence-corrected chi connectivity index (χ4v) is 1.30. The summed E-state index contributed by atoms with van der Waals surface area (Å²) >= 11 is 0. The first-order valence-corrected chi connectivity index (χ1v) is 5.71. The summed E-state index contributed by atoms with van der Waals surface area (Å²) < 4.78 is 0. The Bertz CT molecular complexity index is 292. The molecule has 0 aromatic heterocycles. The zero-order valence-corrected chi connectivity index (χ0v) is 10.5. The second-order valence-electron chi connectivity index (χ2n) is 4.19. The van der Waals surface area contributed by atoms with Gasteiger partial charge in [0.2, 0.25) is 0 Å². The van der Waals surface area contributed by atoms with Crippen molar-refractivity contribution in [2.24, 2.45) is 0 Å². The summed E-state index contributed by atoms with van der Waals surface area (Å²) in [6.07, 6.45) is 11.2. The van der Waals surface area contributed by atoms with Crippen LogP contribution >= 0.6 is 0 Å². The summed E-state index contributed by atoms with van der Waals surface area (Å²) in [5, 5.41) is 8.38. The van der Waals surface area contributed by atoms with Crippen LogP contribution in [0.5, 0.6) is 0 Å². The predicted molar refractivity (Wildman–Crippen MR) is 68.4 cm³/mol. The number of allylic oxidation sites excluding steroid dienone is 5. The lowest BCUT2D eigenvalue weighted by Crippen LogP contribution is -1.85. The second kappa shape index (κ2) is 8.96. The highest BCUT2D eigenvalue weighted by Crippen LogP contribution is 2.08. The van der Waals surface area contributed by atoms with Crippen molar-refractivity contribution in [2.75, 3.05) is 0 Å². The van der Waals surface area contributed by atoms with E-state index < -0.39 is 5.97 Å². The number of carbonyl (C=O) groups is 1. The highest BCUT2D eigenvalue weighted by Gasteiger charge is 1.89. The molecule has 0 fully saturated rings. The van der Waals surface area contributed by atoms with E-state index in [1.54, 1.807) is 6.08 Å². The summed E-state index contributed by atoms with van der Waals surface area (Å²) in [6.45, 7) is 6.34. The Morgan fingerprint density at radius 3 is 2.31 bits per heavy atom. The molecule has 0 spiro atoms. The van der Waals surface area contributed by atoms with E-state index >= 15 is 0 Å². The Labute approximate surface area is 98.4 Å². The molecule has 0 aromatic carbocycles. The van der Waals surface area contributed by atoms with Crippen LogP contribution in [0.15, 0.2) is 35.5 Å². The van der Waals surface area contributed by atoms with Crippen LogP contribution in [-0.2, 0) is 4.79 Å². The van der Waals surface area contributed by atoms with Crippen molar-refractivity contribution < 1.29 is 9.90 Å². The van der Waals surface area contributed by atoms with E-state index in [4.69, 9.17) is 5.11 Å². The number of hydrogen-bond donors (Lipinski definition) is 1. The normalized spacial score (nSPS) is 11.8. The van der Waals surface area contributed by atoms with Crippen molar-refractivity contribution in [2.45, 2.75) is 46.5 Å². The van der Waals surface area contributed by atoms with Crippen molar-refractivity contribution in [3.05, 3.63) is 35.5 Å². The molecule has 16 heavy (non-hydrogen) atoms. The van der Waals surface area contributed by atoms with Crippen molar-refractivity contribution in [3.63, 3.8) is 0 Å². The molecule has 0 bridgehead atoms. The van der Waals surface area contributed by atoms with E-state index in [0.29, 0.717) is 0 Å². The standard InChI is InChI=1S/C14H22O2/c1-12(2)8-7-10-13(3)9-5-4-6-11-14(15)16/h6,8-9,11H,4-5,7,10H2,1-3H3,(H,15,16)/b11-6?,13-9+. The summed E-state index contributed by atoms with van der Waals surface area (Å²) in [4.78, 5) is 10.2. The molecule has 0 aliphatic rings. The van der Waals surface area contributed by atoms with E-state index in [1.165, 1.54) is 17.2 Å². The fourth-order valence-electron chi connectivity index (χ4n) is 1.30. The molecule has 0 saturated carbocycles. The molecular formula is C14H22O2. The molecule has 2 heteroatoms. The minimum Gasteiger partial charge on any atom is -0.478 e. The molecule has 1 N–H and O–H groups in total. The molecule has 0 aromatic rings. The summed E-state index contributed by atoms with van der Waals surface area (Å²) in [5.41, 5.74) is 2.73. The number of hydrogen-bond acceptors (Lipinski definition) is 1. The number of unbranched alkanes of at least 4 members (excludes halogenated alkanes) is 1. The monoisotopic (exact) mass is 222 g/mol. The van der Waals surface area contributed by atoms with Crippen LogP contribution in [0.2, 0.25) is 0 Å². The molecule has 0 atom stereocenters. The molecule has 2 nitrogen and oxygen atoms in total. The van der Waals surface area contributed by atoms with Crippen LogP contribution in [0.4, 0.5) is 0 Å². The zero-order chi connectivity index (χ0) is 12.4. The van der Waals surface area contributed by atoms with Crippen molar-refractivity contribution in [1.29, 1.82) is 0 Å². The molecule has 0 rings (SSSR count). The van der Waals surface area contributed by atoms with Gasteiger partial charge in [0.25, 0.3) is 0 Å². The van der Waals surface area contributed by atoms with Gasteiger partial charge in [0.05, 0.1) is 0 Å². The highest BCUT2D eigenvalue weighted by molar-refractivity contribution is 5.79. The minimum atomic E-state index is -0.871. The van der Waals surface area contributed by atoms with E-state index in [-0.39, 0.29) is 0 Å². The SMILES string of the molecule is CC(C)=CCC/C(C)=C/CCC=CC(=O)O. The van der Waals surface area contributed by atoms with E-state index in [2.05, 4.69) is 32.9 Å². The van der Waals surface area contributed by atoms with Gasteiger partial charge in [-0.05, 0) is 46.5 Å². The van der Waals surface area contributed by atoms with Gasteiger partial charge in [-0.1, -0.05) is 29.4 Å². The average Bonchev–Trinajstić information content (AvgIpc) is 2.16.